The van der Waals surface area contributed by atoms with Crippen LogP contribution >= 0.6 is 11.6 Å². The standard InChI is InChI=1S/C13H16ClN3O2.C13H17N3O3/c1-18-6-13(19-2)4-3-9-8(5-13)10-11(14)15-7-16-12(10)17-9;1-18-6-13(19-2)4-3-9-8(5-13)10-11(16-9)14-7-15-12(10)17/h7H,3-6H2,1-2H3,(H,15,16,17);7H,3-6H2,1-2H3,(H2,14,15,16,17). The van der Waals surface area contributed by atoms with Crippen molar-refractivity contribution in [2.45, 2.75) is 49.7 Å². The van der Waals surface area contributed by atoms with E-state index in [4.69, 9.17) is 30.5 Å². The quantitative estimate of drug-likeness (QED) is 0.315. The molecule has 204 valence electrons. The van der Waals surface area contributed by atoms with Crippen LogP contribution in [0.15, 0.2) is 17.4 Å². The molecule has 4 aromatic rings. The Balaban J connectivity index is 0.000000155. The van der Waals surface area contributed by atoms with E-state index in [1.165, 1.54) is 18.3 Å². The summed E-state index contributed by atoms with van der Waals surface area (Å²) in [6.45, 7) is 1.09. The van der Waals surface area contributed by atoms with Gasteiger partial charge < -0.3 is 33.9 Å². The van der Waals surface area contributed by atoms with E-state index in [0.29, 0.717) is 35.8 Å². The molecule has 4 aromatic heterocycles. The molecule has 0 saturated carbocycles. The fraction of sp³-hybridized carbons (Fsp3) is 0.538. The van der Waals surface area contributed by atoms with Gasteiger partial charge in [0.2, 0.25) is 0 Å². The fourth-order valence-electron chi connectivity index (χ4n) is 5.82. The van der Waals surface area contributed by atoms with Crippen LogP contribution in [0.3, 0.4) is 0 Å². The zero-order chi connectivity index (χ0) is 26.9. The summed E-state index contributed by atoms with van der Waals surface area (Å²) in [5.74, 6) is 0. The molecular formula is C26H33ClN6O5. The van der Waals surface area contributed by atoms with Gasteiger partial charge in [-0.25, -0.2) is 15.0 Å². The van der Waals surface area contributed by atoms with E-state index in [-0.39, 0.29) is 16.8 Å². The van der Waals surface area contributed by atoms with Crippen LogP contribution in [-0.2, 0) is 44.6 Å². The minimum absolute atomic E-state index is 0.105. The number of aromatic nitrogens is 6. The molecule has 3 N–H and O–H groups in total. The number of nitrogens with zero attached hydrogens (tertiary/aromatic N) is 3. The lowest BCUT2D eigenvalue weighted by Crippen LogP contribution is -2.42. The second kappa shape index (κ2) is 10.7. The number of hydrogen-bond acceptors (Lipinski definition) is 8. The van der Waals surface area contributed by atoms with Gasteiger partial charge in [0.25, 0.3) is 5.56 Å². The van der Waals surface area contributed by atoms with E-state index in [1.807, 2.05) is 0 Å². The topological polar surface area (TPSA) is 140 Å². The largest absolute Gasteiger partial charge is 0.382 e. The molecule has 2 aliphatic rings. The van der Waals surface area contributed by atoms with Crippen molar-refractivity contribution in [3.8, 4) is 0 Å². The first-order valence-electron chi connectivity index (χ1n) is 12.5. The van der Waals surface area contributed by atoms with Crippen molar-refractivity contribution in [2.24, 2.45) is 0 Å². The van der Waals surface area contributed by atoms with Crippen molar-refractivity contribution in [1.29, 1.82) is 0 Å². The van der Waals surface area contributed by atoms with E-state index in [2.05, 4.69) is 29.9 Å². The highest BCUT2D eigenvalue weighted by Crippen LogP contribution is 2.37. The number of hydrogen-bond donors (Lipinski definition) is 3. The zero-order valence-electron chi connectivity index (χ0n) is 22.1. The lowest BCUT2D eigenvalue weighted by Gasteiger charge is -2.35. The molecule has 0 fully saturated rings. The van der Waals surface area contributed by atoms with Gasteiger partial charge in [-0.05, 0) is 36.8 Å². The molecule has 0 amide bonds. The van der Waals surface area contributed by atoms with Crippen molar-refractivity contribution in [3.63, 3.8) is 0 Å². The third kappa shape index (κ3) is 4.73. The number of ether oxygens (including phenoxy) is 4. The molecular weight excluding hydrogens is 512 g/mol. The predicted octanol–water partition coefficient (Wildman–Crippen LogP) is 2.90. The van der Waals surface area contributed by atoms with Crippen LogP contribution in [0.1, 0.15) is 35.4 Å². The van der Waals surface area contributed by atoms with Crippen molar-refractivity contribution in [3.05, 3.63) is 50.7 Å². The van der Waals surface area contributed by atoms with Crippen molar-refractivity contribution in [2.75, 3.05) is 41.7 Å². The highest BCUT2D eigenvalue weighted by atomic mass is 35.5. The zero-order valence-corrected chi connectivity index (χ0v) is 22.8. The van der Waals surface area contributed by atoms with Gasteiger partial charge in [-0.2, -0.15) is 0 Å². The summed E-state index contributed by atoms with van der Waals surface area (Å²) < 4.78 is 22.0. The van der Waals surface area contributed by atoms with Gasteiger partial charge in [-0.1, -0.05) is 11.6 Å². The first-order chi connectivity index (χ1) is 18.4. The highest BCUT2D eigenvalue weighted by Gasteiger charge is 2.38. The summed E-state index contributed by atoms with van der Waals surface area (Å²) in [4.78, 5) is 33.7. The molecule has 0 aliphatic heterocycles. The Hall–Kier alpha value is -2.83. The summed E-state index contributed by atoms with van der Waals surface area (Å²) >= 11 is 6.21. The second-order valence-electron chi connectivity index (χ2n) is 10.0. The fourth-order valence-corrected chi connectivity index (χ4v) is 6.07. The molecule has 2 unspecified atom stereocenters. The number of rotatable bonds is 6. The van der Waals surface area contributed by atoms with Crippen LogP contribution in [0, 0.1) is 0 Å². The number of fused-ring (bicyclic) bond motifs is 6. The van der Waals surface area contributed by atoms with Gasteiger partial charge in [0.15, 0.2) is 0 Å². The predicted molar refractivity (Wildman–Crippen MR) is 143 cm³/mol. The van der Waals surface area contributed by atoms with Gasteiger partial charge >= 0.3 is 0 Å². The maximum atomic E-state index is 12.0. The Morgan fingerprint density at radius 3 is 1.95 bits per heavy atom. The normalized spacial score (nSPS) is 22.7. The smallest absolute Gasteiger partial charge is 0.260 e. The van der Waals surface area contributed by atoms with E-state index >= 15 is 0 Å². The Morgan fingerprint density at radius 2 is 1.39 bits per heavy atom. The van der Waals surface area contributed by atoms with Crippen LogP contribution in [0.4, 0.5) is 0 Å². The van der Waals surface area contributed by atoms with Crippen LogP contribution in [0.25, 0.3) is 22.1 Å². The Kier molecular flexibility index (Phi) is 7.56. The molecule has 6 rings (SSSR count). The number of nitrogens with one attached hydrogen (secondary N) is 3. The summed E-state index contributed by atoms with van der Waals surface area (Å²) in [5.41, 5.74) is 5.15. The Morgan fingerprint density at radius 1 is 0.842 bits per heavy atom. The number of H-pyrrole nitrogens is 3. The van der Waals surface area contributed by atoms with Crippen molar-refractivity contribution in [1.82, 2.24) is 29.9 Å². The number of aryl methyl sites for hydroxylation is 2. The first-order valence-corrected chi connectivity index (χ1v) is 12.9. The van der Waals surface area contributed by atoms with E-state index in [1.54, 1.807) is 28.4 Å². The molecule has 11 nitrogen and oxygen atoms in total. The van der Waals surface area contributed by atoms with Crippen molar-refractivity contribution < 1.29 is 18.9 Å². The summed E-state index contributed by atoms with van der Waals surface area (Å²) in [6.07, 6.45) is 7.86. The van der Waals surface area contributed by atoms with Gasteiger partial charge in [-0.15, -0.1) is 0 Å². The SMILES string of the molecule is COCC1(OC)CCc2[nH]c3nc[nH]c(=O)c3c2C1.COCC1(OC)CCc2[nH]c3ncnc(Cl)c3c2C1. The molecule has 0 radical (unpaired) electrons. The average Bonchev–Trinajstić information content (AvgIpc) is 3.48. The average molecular weight is 545 g/mol. The minimum Gasteiger partial charge on any atom is -0.382 e. The minimum atomic E-state index is -0.348. The van der Waals surface area contributed by atoms with E-state index in [0.717, 1.165) is 60.0 Å². The monoisotopic (exact) mass is 544 g/mol. The summed E-state index contributed by atoms with van der Waals surface area (Å²) in [5, 5.41) is 2.05. The molecule has 0 saturated heterocycles. The van der Waals surface area contributed by atoms with E-state index < -0.39 is 0 Å². The third-order valence-corrected chi connectivity index (χ3v) is 8.15. The van der Waals surface area contributed by atoms with Gasteiger partial charge in [-0.3, -0.25) is 4.79 Å². The summed E-state index contributed by atoms with van der Waals surface area (Å²) in [7, 11) is 6.79. The summed E-state index contributed by atoms with van der Waals surface area (Å²) in [6, 6.07) is 0. The molecule has 2 aliphatic carbocycles. The van der Waals surface area contributed by atoms with Gasteiger partial charge in [0, 0.05) is 52.7 Å². The molecule has 0 aromatic carbocycles. The lowest BCUT2D eigenvalue weighted by molar-refractivity contribution is -0.0722. The first kappa shape index (κ1) is 26.8. The Bertz CT molecular complexity index is 1500. The Labute approximate surface area is 224 Å². The molecule has 4 heterocycles. The number of methoxy groups -OCH3 is 4. The highest BCUT2D eigenvalue weighted by molar-refractivity contribution is 6.34. The second-order valence-corrected chi connectivity index (χ2v) is 10.4. The lowest BCUT2D eigenvalue weighted by atomic mass is 9.83. The van der Waals surface area contributed by atoms with Gasteiger partial charge in [0.1, 0.15) is 22.8 Å². The van der Waals surface area contributed by atoms with Gasteiger partial charge in [0.05, 0.1) is 41.5 Å². The van der Waals surface area contributed by atoms with Crippen LogP contribution in [-0.4, -0.2) is 82.8 Å². The number of halogens is 1. The third-order valence-electron chi connectivity index (χ3n) is 7.86. The van der Waals surface area contributed by atoms with E-state index in [9.17, 15) is 4.79 Å². The maximum Gasteiger partial charge on any atom is 0.260 e. The molecule has 12 heteroatoms. The maximum absolute atomic E-state index is 12.0. The molecule has 0 bridgehead atoms. The molecule has 0 spiro atoms. The van der Waals surface area contributed by atoms with Crippen LogP contribution < -0.4 is 5.56 Å². The van der Waals surface area contributed by atoms with Crippen LogP contribution in [0.5, 0.6) is 0 Å². The molecule has 2 atom stereocenters. The molecule has 38 heavy (non-hydrogen) atoms. The van der Waals surface area contributed by atoms with Crippen LogP contribution in [0.2, 0.25) is 5.15 Å². The number of aromatic amines is 3. The van der Waals surface area contributed by atoms with Crippen molar-refractivity contribution >= 4 is 33.7 Å².